The van der Waals surface area contributed by atoms with Crippen molar-refractivity contribution in [2.24, 2.45) is 4.99 Å². The zero-order valence-electron chi connectivity index (χ0n) is 22.0. The predicted octanol–water partition coefficient (Wildman–Crippen LogP) is 3.89. The summed E-state index contributed by atoms with van der Waals surface area (Å²) in [4.78, 5) is 28.9. The summed E-state index contributed by atoms with van der Waals surface area (Å²) in [6, 6.07) is 7.61. The minimum absolute atomic E-state index is 0.0791. The number of carbonyl (C=O) groups is 2. The summed E-state index contributed by atoms with van der Waals surface area (Å²) in [6.45, 7) is 18.6. The minimum Gasteiger partial charge on any atom is -0.444 e. The van der Waals surface area contributed by atoms with Gasteiger partial charge in [-0.3, -0.25) is 10.6 Å². The number of rotatable bonds is 3. The van der Waals surface area contributed by atoms with E-state index in [2.05, 4.69) is 15.6 Å². The van der Waals surface area contributed by atoms with Gasteiger partial charge in [0.15, 0.2) is 0 Å². The molecule has 0 bridgehead atoms. The van der Waals surface area contributed by atoms with E-state index in [1.807, 2.05) is 52.0 Å². The van der Waals surface area contributed by atoms with Crippen LogP contribution in [-0.2, 0) is 25.3 Å². The number of nitrogens with zero attached hydrogens (tertiary/aromatic N) is 1. The number of hydrogen-bond donors (Lipinski definition) is 2. The maximum absolute atomic E-state index is 12.3. The number of aliphatic imine (C=N–C) groups is 1. The molecule has 0 atom stereocenters. The average molecular weight is 475 g/mol. The molecule has 2 amide bonds. The fourth-order valence-corrected chi connectivity index (χ4v) is 2.90. The van der Waals surface area contributed by atoms with E-state index in [-0.39, 0.29) is 12.5 Å². The van der Waals surface area contributed by atoms with Crippen LogP contribution in [0.25, 0.3) is 0 Å². The zero-order valence-corrected chi connectivity index (χ0v) is 22.0. The normalized spacial score (nSPS) is 17.1. The highest BCUT2D eigenvalue weighted by atomic mass is 16.7. The second-order valence-corrected chi connectivity index (χ2v) is 11.3. The molecule has 1 aliphatic rings. The first-order valence-corrected chi connectivity index (χ1v) is 11.4. The number of ether oxygens (including phenoxy) is 2. The van der Waals surface area contributed by atoms with Crippen molar-refractivity contribution in [2.75, 3.05) is 0 Å². The van der Waals surface area contributed by atoms with Crippen molar-refractivity contribution in [3.8, 4) is 0 Å². The van der Waals surface area contributed by atoms with Gasteiger partial charge in [-0.1, -0.05) is 24.3 Å². The Morgan fingerprint density at radius 1 is 0.912 bits per heavy atom. The molecule has 9 nitrogen and oxygen atoms in total. The molecule has 0 saturated carbocycles. The van der Waals surface area contributed by atoms with Crippen molar-refractivity contribution in [2.45, 2.75) is 98.2 Å². The van der Waals surface area contributed by atoms with Crippen LogP contribution in [0, 0.1) is 0 Å². The molecule has 1 heterocycles. The summed E-state index contributed by atoms with van der Waals surface area (Å²) in [6.07, 6.45) is -1.48. The van der Waals surface area contributed by atoms with Crippen LogP contribution >= 0.6 is 0 Å². The number of nitrogens with one attached hydrogen (secondary N) is 2. The van der Waals surface area contributed by atoms with E-state index in [4.69, 9.17) is 18.8 Å². The standard InChI is InChI=1S/C24H38BN3O6/c1-21(2,3)31-19(29)27-18(28-20(30)32-22(4,5)6)26-15-16-12-11-13-17(14-16)25-33-23(7,8)24(9,10)34-25/h11-14H,15H2,1-10H3,(H2,26,27,28,29,30). The second-order valence-electron chi connectivity index (χ2n) is 11.3. The van der Waals surface area contributed by atoms with Gasteiger partial charge in [0.1, 0.15) is 11.2 Å². The Balaban J connectivity index is 2.19. The molecule has 34 heavy (non-hydrogen) atoms. The highest BCUT2D eigenvalue weighted by molar-refractivity contribution is 6.62. The average Bonchev–Trinajstić information content (AvgIpc) is 2.84. The smallest absolute Gasteiger partial charge is 0.444 e. The van der Waals surface area contributed by atoms with Gasteiger partial charge in [-0.2, -0.15) is 0 Å². The molecule has 1 aromatic carbocycles. The summed E-state index contributed by atoms with van der Waals surface area (Å²) < 4.78 is 22.8. The monoisotopic (exact) mass is 475 g/mol. The Labute approximate surface area is 203 Å². The van der Waals surface area contributed by atoms with Gasteiger partial charge >= 0.3 is 19.3 Å². The number of amides is 2. The van der Waals surface area contributed by atoms with Gasteiger partial charge in [0.25, 0.3) is 0 Å². The molecule has 10 heteroatoms. The summed E-state index contributed by atoms with van der Waals surface area (Å²) in [5.74, 6) is -0.0791. The molecule has 1 fully saturated rings. The van der Waals surface area contributed by atoms with Crippen LogP contribution in [0.1, 0.15) is 74.8 Å². The lowest BCUT2D eigenvalue weighted by Crippen LogP contribution is -2.47. The van der Waals surface area contributed by atoms with Gasteiger partial charge in [0.05, 0.1) is 17.7 Å². The van der Waals surface area contributed by atoms with Crippen molar-refractivity contribution < 1.29 is 28.4 Å². The molecular formula is C24H38BN3O6. The first kappa shape index (κ1) is 27.7. The van der Waals surface area contributed by atoms with Gasteiger partial charge in [0.2, 0.25) is 5.96 Å². The van der Waals surface area contributed by atoms with E-state index in [0.717, 1.165) is 11.0 Å². The van der Waals surface area contributed by atoms with E-state index in [1.165, 1.54) is 0 Å². The highest BCUT2D eigenvalue weighted by Crippen LogP contribution is 2.36. The number of carbonyl (C=O) groups excluding carboxylic acids is 2. The maximum atomic E-state index is 12.3. The molecule has 2 N–H and O–H groups in total. The lowest BCUT2D eigenvalue weighted by Gasteiger charge is -2.32. The fraction of sp³-hybridized carbons (Fsp3) is 0.625. The first-order chi connectivity index (χ1) is 15.4. The molecule has 0 aromatic heterocycles. The topological polar surface area (TPSA) is 107 Å². The van der Waals surface area contributed by atoms with Crippen molar-refractivity contribution in [1.82, 2.24) is 10.6 Å². The molecule has 188 valence electrons. The summed E-state index contributed by atoms with van der Waals surface area (Å²) >= 11 is 0. The molecule has 0 radical (unpaired) electrons. The largest absolute Gasteiger partial charge is 0.494 e. The van der Waals surface area contributed by atoms with Crippen molar-refractivity contribution in [3.63, 3.8) is 0 Å². The van der Waals surface area contributed by atoms with Crippen LogP contribution < -0.4 is 16.1 Å². The Kier molecular flexibility index (Phi) is 8.10. The van der Waals surface area contributed by atoms with E-state index in [9.17, 15) is 9.59 Å². The summed E-state index contributed by atoms with van der Waals surface area (Å²) in [5, 5.41) is 4.96. The molecule has 1 aliphatic heterocycles. The highest BCUT2D eigenvalue weighted by Gasteiger charge is 2.51. The fourth-order valence-electron chi connectivity index (χ4n) is 2.90. The van der Waals surface area contributed by atoms with Crippen LogP contribution in [0.5, 0.6) is 0 Å². The zero-order chi connectivity index (χ0) is 25.9. The molecule has 2 rings (SSSR count). The Bertz CT molecular complexity index is 883. The molecule has 1 saturated heterocycles. The molecule has 0 aliphatic carbocycles. The molecule has 0 unspecified atom stereocenters. The van der Waals surface area contributed by atoms with E-state index >= 15 is 0 Å². The number of alkyl carbamates (subject to hydrolysis) is 2. The van der Waals surface area contributed by atoms with E-state index in [1.54, 1.807) is 41.5 Å². The van der Waals surface area contributed by atoms with Gasteiger partial charge in [-0.25, -0.2) is 14.6 Å². The van der Waals surface area contributed by atoms with Crippen LogP contribution in [0.3, 0.4) is 0 Å². The Morgan fingerprint density at radius 2 is 1.38 bits per heavy atom. The quantitative estimate of drug-likeness (QED) is 0.390. The van der Waals surface area contributed by atoms with Gasteiger partial charge in [-0.15, -0.1) is 0 Å². The van der Waals surface area contributed by atoms with Gasteiger partial charge in [-0.05, 0) is 80.3 Å². The number of hydrogen-bond acceptors (Lipinski definition) is 7. The molecular weight excluding hydrogens is 437 g/mol. The second kappa shape index (κ2) is 9.96. The third kappa shape index (κ3) is 8.32. The van der Waals surface area contributed by atoms with E-state index < -0.39 is 41.7 Å². The maximum Gasteiger partial charge on any atom is 0.494 e. The SMILES string of the molecule is CC(C)(C)OC(=O)NC(=NCc1cccc(B2OC(C)(C)C(C)(C)O2)c1)NC(=O)OC(C)(C)C. The van der Waals surface area contributed by atoms with Crippen LogP contribution in [0.2, 0.25) is 0 Å². The number of benzene rings is 1. The Hall–Kier alpha value is -2.59. The lowest BCUT2D eigenvalue weighted by atomic mass is 9.78. The van der Waals surface area contributed by atoms with Gasteiger partial charge < -0.3 is 18.8 Å². The third-order valence-electron chi connectivity index (χ3n) is 5.13. The van der Waals surface area contributed by atoms with Crippen LogP contribution in [-0.4, -0.2) is 47.7 Å². The third-order valence-corrected chi connectivity index (χ3v) is 5.13. The minimum atomic E-state index is -0.742. The Morgan fingerprint density at radius 3 is 1.82 bits per heavy atom. The predicted molar refractivity (Wildman–Crippen MR) is 132 cm³/mol. The van der Waals surface area contributed by atoms with Crippen LogP contribution in [0.4, 0.5) is 9.59 Å². The van der Waals surface area contributed by atoms with Crippen molar-refractivity contribution in [3.05, 3.63) is 29.8 Å². The van der Waals surface area contributed by atoms with E-state index in [0.29, 0.717) is 0 Å². The van der Waals surface area contributed by atoms with Crippen molar-refractivity contribution >= 4 is 30.7 Å². The molecule has 1 aromatic rings. The lowest BCUT2D eigenvalue weighted by molar-refractivity contribution is 0.00578. The molecule has 0 spiro atoms. The van der Waals surface area contributed by atoms with Crippen molar-refractivity contribution in [1.29, 1.82) is 0 Å². The first-order valence-electron chi connectivity index (χ1n) is 11.4. The number of guanidine groups is 1. The summed E-state index contributed by atoms with van der Waals surface area (Å²) in [7, 11) is -0.506. The van der Waals surface area contributed by atoms with Crippen LogP contribution in [0.15, 0.2) is 29.3 Å². The summed E-state index contributed by atoms with van der Waals surface area (Å²) in [5.41, 5.74) is -0.632. The van der Waals surface area contributed by atoms with Gasteiger partial charge in [0, 0.05) is 0 Å².